The Labute approximate surface area is 189 Å². The molecule has 0 unspecified atom stereocenters. The molecule has 2 amide bonds. The zero-order chi connectivity index (χ0) is 21.9. The van der Waals surface area contributed by atoms with E-state index < -0.39 is 6.04 Å². The van der Waals surface area contributed by atoms with Crippen LogP contribution in [0.1, 0.15) is 44.7 Å². The first kappa shape index (κ1) is 24.3. The van der Waals surface area contributed by atoms with Crippen LogP contribution in [-0.2, 0) is 21.9 Å². The summed E-state index contributed by atoms with van der Waals surface area (Å²) in [6.45, 7) is 6.34. The number of nitrogens with zero attached hydrogens (tertiary/aromatic N) is 1. The minimum absolute atomic E-state index is 0.0305. The van der Waals surface area contributed by atoms with Gasteiger partial charge in [-0.3, -0.25) is 9.59 Å². The first-order valence-corrected chi connectivity index (χ1v) is 11.9. The van der Waals surface area contributed by atoms with Gasteiger partial charge >= 0.3 is 0 Å². The number of hydrogen-bond donors (Lipinski definition) is 1. The standard InChI is InChI=1S/C24H31ClN2O2S/c1-4-18(3)26-24(29)22(5-2)27(15-19-11-13-21(25)14-12-19)23(28)17-30-16-20-9-7-6-8-10-20/h6-14,18,22H,4-5,15-17H2,1-3H3,(H,26,29)/t18-,22-/m0/s1. The molecule has 0 fully saturated rings. The second-order valence-electron chi connectivity index (χ2n) is 7.37. The third-order valence-electron chi connectivity index (χ3n) is 4.99. The molecule has 2 atom stereocenters. The quantitative estimate of drug-likeness (QED) is 0.509. The summed E-state index contributed by atoms with van der Waals surface area (Å²) in [5.41, 5.74) is 2.14. The molecule has 2 rings (SSSR count). The van der Waals surface area contributed by atoms with Crippen LogP contribution in [0.3, 0.4) is 0 Å². The number of thioether (sulfide) groups is 1. The van der Waals surface area contributed by atoms with E-state index in [9.17, 15) is 9.59 Å². The van der Waals surface area contributed by atoms with Gasteiger partial charge in [0.25, 0.3) is 0 Å². The normalized spacial score (nSPS) is 12.8. The molecule has 2 aromatic rings. The van der Waals surface area contributed by atoms with Gasteiger partial charge in [-0.25, -0.2) is 0 Å². The van der Waals surface area contributed by atoms with E-state index >= 15 is 0 Å². The molecule has 0 aromatic heterocycles. The molecule has 0 aliphatic heterocycles. The first-order chi connectivity index (χ1) is 14.4. The van der Waals surface area contributed by atoms with Crippen LogP contribution in [0.15, 0.2) is 54.6 Å². The van der Waals surface area contributed by atoms with Crippen LogP contribution in [0, 0.1) is 0 Å². The molecule has 0 saturated carbocycles. The Kier molecular flexibility index (Phi) is 10.2. The predicted molar refractivity (Wildman–Crippen MR) is 127 cm³/mol. The highest BCUT2D eigenvalue weighted by atomic mass is 35.5. The monoisotopic (exact) mass is 446 g/mol. The van der Waals surface area contributed by atoms with Gasteiger partial charge in [-0.2, -0.15) is 0 Å². The van der Waals surface area contributed by atoms with Crippen LogP contribution in [0.2, 0.25) is 5.02 Å². The molecule has 0 saturated heterocycles. The largest absolute Gasteiger partial charge is 0.352 e. The van der Waals surface area contributed by atoms with E-state index in [0.717, 1.165) is 17.7 Å². The van der Waals surface area contributed by atoms with E-state index in [1.54, 1.807) is 16.7 Å². The Morgan fingerprint density at radius 3 is 2.27 bits per heavy atom. The number of benzene rings is 2. The van der Waals surface area contributed by atoms with Crippen molar-refractivity contribution < 1.29 is 9.59 Å². The average Bonchev–Trinajstić information content (AvgIpc) is 2.75. The first-order valence-electron chi connectivity index (χ1n) is 10.4. The van der Waals surface area contributed by atoms with E-state index in [4.69, 9.17) is 11.6 Å². The maximum Gasteiger partial charge on any atom is 0.243 e. The second kappa shape index (κ2) is 12.7. The summed E-state index contributed by atoms with van der Waals surface area (Å²) in [6.07, 6.45) is 1.41. The number of rotatable bonds is 11. The molecule has 0 radical (unpaired) electrons. The summed E-state index contributed by atoms with van der Waals surface area (Å²) in [5.74, 6) is 0.964. The predicted octanol–water partition coefficient (Wildman–Crippen LogP) is 5.30. The Morgan fingerprint density at radius 1 is 1.00 bits per heavy atom. The lowest BCUT2D eigenvalue weighted by Crippen LogP contribution is -2.51. The van der Waals surface area contributed by atoms with Crippen molar-refractivity contribution in [2.24, 2.45) is 0 Å². The van der Waals surface area contributed by atoms with Gasteiger partial charge in [0.15, 0.2) is 0 Å². The fraction of sp³-hybridized carbons (Fsp3) is 0.417. The number of amides is 2. The molecule has 30 heavy (non-hydrogen) atoms. The smallest absolute Gasteiger partial charge is 0.243 e. The Morgan fingerprint density at radius 2 is 1.67 bits per heavy atom. The van der Waals surface area contributed by atoms with Crippen molar-refractivity contribution >= 4 is 35.2 Å². The third kappa shape index (κ3) is 7.69. The number of carbonyl (C=O) groups excluding carboxylic acids is 2. The second-order valence-corrected chi connectivity index (χ2v) is 8.79. The van der Waals surface area contributed by atoms with Gasteiger partial charge in [0.1, 0.15) is 6.04 Å². The molecule has 0 aliphatic carbocycles. The SMILES string of the molecule is CC[C@H](C)NC(=O)[C@H](CC)N(Cc1ccc(Cl)cc1)C(=O)CSCc1ccccc1. The minimum atomic E-state index is -0.500. The third-order valence-corrected chi connectivity index (χ3v) is 6.23. The van der Waals surface area contributed by atoms with Gasteiger partial charge < -0.3 is 10.2 Å². The van der Waals surface area contributed by atoms with E-state index in [2.05, 4.69) is 17.4 Å². The summed E-state index contributed by atoms with van der Waals surface area (Å²) < 4.78 is 0. The van der Waals surface area contributed by atoms with Crippen LogP contribution in [0.25, 0.3) is 0 Å². The molecule has 0 aliphatic rings. The minimum Gasteiger partial charge on any atom is -0.352 e. The zero-order valence-electron chi connectivity index (χ0n) is 17.9. The fourth-order valence-electron chi connectivity index (χ4n) is 3.06. The lowest BCUT2D eigenvalue weighted by Gasteiger charge is -2.31. The maximum absolute atomic E-state index is 13.2. The average molecular weight is 447 g/mol. The Bertz CT molecular complexity index is 799. The maximum atomic E-state index is 13.2. The highest BCUT2D eigenvalue weighted by Gasteiger charge is 2.29. The number of hydrogen-bond acceptors (Lipinski definition) is 3. The highest BCUT2D eigenvalue weighted by Crippen LogP contribution is 2.18. The molecule has 1 N–H and O–H groups in total. The number of halogens is 1. The summed E-state index contributed by atoms with van der Waals surface area (Å²) >= 11 is 7.57. The zero-order valence-corrected chi connectivity index (χ0v) is 19.5. The molecular formula is C24H31ClN2O2S. The van der Waals surface area contributed by atoms with Crippen LogP contribution in [-0.4, -0.2) is 34.6 Å². The Hall–Kier alpha value is -1.98. The molecule has 0 bridgehead atoms. The lowest BCUT2D eigenvalue weighted by atomic mass is 10.1. The molecule has 6 heteroatoms. The summed E-state index contributed by atoms with van der Waals surface area (Å²) in [7, 11) is 0. The molecule has 0 spiro atoms. The van der Waals surface area contributed by atoms with Gasteiger partial charge in [-0.05, 0) is 43.0 Å². The van der Waals surface area contributed by atoms with E-state index in [1.165, 1.54) is 5.56 Å². The van der Waals surface area contributed by atoms with Gasteiger partial charge in [0.2, 0.25) is 11.8 Å². The number of nitrogens with one attached hydrogen (secondary N) is 1. The van der Waals surface area contributed by atoms with E-state index in [-0.39, 0.29) is 17.9 Å². The lowest BCUT2D eigenvalue weighted by molar-refractivity contribution is -0.139. The summed E-state index contributed by atoms with van der Waals surface area (Å²) in [5, 5.41) is 3.68. The number of carbonyl (C=O) groups is 2. The molecule has 4 nitrogen and oxygen atoms in total. The van der Waals surface area contributed by atoms with Crippen molar-refractivity contribution in [3.05, 3.63) is 70.7 Å². The van der Waals surface area contributed by atoms with Crippen LogP contribution >= 0.6 is 23.4 Å². The van der Waals surface area contributed by atoms with Crippen molar-refractivity contribution in [1.29, 1.82) is 0 Å². The van der Waals surface area contributed by atoms with Crippen LogP contribution in [0.4, 0.5) is 0 Å². The van der Waals surface area contributed by atoms with Crippen molar-refractivity contribution in [2.75, 3.05) is 5.75 Å². The van der Waals surface area contributed by atoms with Crippen molar-refractivity contribution in [1.82, 2.24) is 10.2 Å². The topological polar surface area (TPSA) is 49.4 Å². The van der Waals surface area contributed by atoms with Gasteiger partial charge in [0.05, 0.1) is 5.75 Å². The van der Waals surface area contributed by atoms with E-state index in [0.29, 0.717) is 23.7 Å². The highest BCUT2D eigenvalue weighted by molar-refractivity contribution is 7.99. The van der Waals surface area contributed by atoms with Crippen LogP contribution in [0.5, 0.6) is 0 Å². The van der Waals surface area contributed by atoms with Gasteiger partial charge in [-0.1, -0.05) is 67.9 Å². The van der Waals surface area contributed by atoms with E-state index in [1.807, 2.05) is 63.2 Å². The molecule has 2 aromatic carbocycles. The van der Waals surface area contributed by atoms with Crippen molar-refractivity contribution in [3.63, 3.8) is 0 Å². The summed E-state index contributed by atoms with van der Waals surface area (Å²) in [4.78, 5) is 27.8. The molecule has 0 heterocycles. The fourth-order valence-corrected chi connectivity index (χ4v) is 4.06. The molecular weight excluding hydrogens is 416 g/mol. The Balaban J connectivity index is 2.12. The summed E-state index contributed by atoms with van der Waals surface area (Å²) in [6, 6.07) is 17.1. The van der Waals surface area contributed by atoms with Crippen LogP contribution < -0.4 is 5.32 Å². The van der Waals surface area contributed by atoms with Gasteiger partial charge in [-0.15, -0.1) is 11.8 Å². The van der Waals surface area contributed by atoms with Crippen molar-refractivity contribution in [3.8, 4) is 0 Å². The molecule has 162 valence electrons. The van der Waals surface area contributed by atoms with Crippen molar-refractivity contribution in [2.45, 2.75) is 58.0 Å². The van der Waals surface area contributed by atoms with Gasteiger partial charge in [0, 0.05) is 23.4 Å².